The zero-order valence-electron chi connectivity index (χ0n) is 18.9. The van der Waals surface area contributed by atoms with Gasteiger partial charge in [0.15, 0.2) is 5.78 Å². The van der Waals surface area contributed by atoms with Crippen molar-refractivity contribution in [2.24, 2.45) is 0 Å². The topological polar surface area (TPSA) is 82.1 Å². The number of ketones is 1. The fraction of sp³-hybridized carbons (Fsp3) is 0.259. The first kappa shape index (κ1) is 24.0. The molecule has 0 aliphatic heterocycles. The summed E-state index contributed by atoms with van der Waals surface area (Å²) in [6.45, 7) is 3.82. The minimum absolute atomic E-state index is 0.0330. The van der Waals surface area contributed by atoms with Gasteiger partial charge in [0.2, 0.25) is 0 Å². The van der Waals surface area contributed by atoms with Crippen LogP contribution in [0.4, 0.5) is 0 Å². The van der Waals surface area contributed by atoms with Crippen LogP contribution in [0.2, 0.25) is 0 Å². The lowest BCUT2D eigenvalue weighted by Gasteiger charge is -2.23. The third-order valence-corrected chi connectivity index (χ3v) is 5.35. The zero-order chi connectivity index (χ0) is 23.8. The normalized spacial score (nSPS) is 13.5. The molecule has 3 atom stereocenters. The van der Waals surface area contributed by atoms with Gasteiger partial charge in [-0.3, -0.25) is 9.59 Å². The summed E-state index contributed by atoms with van der Waals surface area (Å²) in [7, 11) is 1.49. The molecule has 0 fully saturated rings. The molecule has 0 saturated carbocycles. The lowest BCUT2D eigenvalue weighted by atomic mass is 10.0. The minimum Gasteiger partial charge on any atom is -0.487 e. The molecule has 0 aliphatic rings. The number of methoxy groups -OCH3 is 1. The maximum Gasteiger partial charge on any atom is 0.306 e. The molecule has 0 saturated heterocycles. The third-order valence-electron chi connectivity index (χ3n) is 5.35. The molecule has 6 heteroatoms. The fourth-order valence-corrected chi connectivity index (χ4v) is 3.32. The molecule has 33 heavy (non-hydrogen) atoms. The van der Waals surface area contributed by atoms with Crippen LogP contribution in [0.15, 0.2) is 78.9 Å². The van der Waals surface area contributed by atoms with Crippen LogP contribution in [0, 0.1) is 0 Å². The van der Waals surface area contributed by atoms with Gasteiger partial charge in [-0.1, -0.05) is 42.5 Å². The van der Waals surface area contributed by atoms with E-state index in [4.69, 9.17) is 19.3 Å². The molecule has 3 rings (SSSR count). The Labute approximate surface area is 193 Å². The molecule has 0 aliphatic carbocycles. The van der Waals surface area contributed by atoms with E-state index in [-0.39, 0.29) is 24.4 Å². The number of aliphatic carboxylic acids is 1. The van der Waals surface area contributed by atoms with Gasteiger partial charge in [0, 0.05) is 18.2 Å². The number of hydrogen-bond donors (Lipinski definition) is 1. The van der Waals surface area contributed by atoms with Crippen molar-refractivity contribution >= 4 is 11.8 Å². The van der Waals surface area contributed by atoms with Gasteiger partial charge in [-0.25, -0.2) is 0 Å². The smallest absolute Gasteiger partial charge is 0.306 e. The van der Waals surface area contributed by atoms with Crippen molar-refractivity contribution in [1.82, 2.24) is 0 Å². The second-order valence-electron chi connectivity index (χ2n) is 7.76. The lowest BCUT2D eigenvalue weighted by molar-refractivity contribution is -0.139. The first-order valence-electron chi connectivity index (χ1n) is 10.7. The number of benzene rings is 3. The number of carbonyl (C=O) groups is 2. The van der Waals surface area contributed by atoms with Gasteiger partial charge in [-0.2, -0.15) is 0 Å². The summed E-state index contributed by atoms with van der Waals surface area (Å²) >= 11 is 0. The van der Waals surface area contributed by atoms with E-state index in [0.29, 0.717) is 22.6 Å². The highest BCUT2D eigenvalue weighted by Gasteiger charge is 2.18. The highest BCUT2D eigenvalue weighted by molar-refractivity contribution is 6.08. The van der Waals surface area contributed by atoms with E-state index in [9.17, 15) is 9.59 Å². The average Bonchev–Trinajstić information content (AvgIpc) is 2.83. The van der Waals surface area contributed by atoms with Gasteiger partial charge in [-0.15, -0.1) is 0 Å². The van der Waals surface area contributed by atoms with Crippen LogP contribution in [-0.2, 0) is 9.53 Å². The van der Waals surface area contributed by atoms with E-state index < -0.39 is 12.1 Å². The molecule has 0 radical (unpaired) electrons. The monoisotopic (exact) mass is 448 g/mol. The summed E-state index contributed by atoms with van der Waals surface area (Å²) in [5.74, 6) is 0.346. The van der Waals surface area contributed by atoms with Crippen molar-refractivity contribution in [1.29, 1.82) is 0 Å². The summed E-state index contributed by atoms with van der Waals surface area (Å²) < 4.78 is 17.2. The summed E-state index contributed by atoms with van der Waals surface area (Å²) in [5.41, 5.74) is 2.02. The van der Waals surface area contributed by atoms with Gasteiger partial charge in [0.1, 0.15) is 23.7 Å². The fourth-order valence-electron chi connectivity index (χ4n) is 3.32. The molecule has 0 aromatic heterocycles. The SMILES string of the molecule is COC(CC(=O)O)c1ccc(OC(C)C(C)Oc2ccc(C(=O)c3ccccc3)cc2)cc1. The molecule has 1 N–H and O–H groups in total. The Morgan fingerprint density at radius 1 is 0.758 bits per heavy atom. The molecule has 3 aromatic carbocycles. The van der Waals surface area contributed by atoms with Gasteiger partial charge in [0.05, 0.1) is 12.5 Å². The standard InChI is InChI=1S/C27H28O6/c1-18(32-23-13-9-20(10-14-23)25(31-3)17-26(28)29)19(2)33-24-15-11-22(12-16-24)27(30)21-7-5-4-6-8-21/h4-16,18-19,25H,17H2,1-3H3,(H,28,29). The Kier molecular flexibility index (Phi) is 8.22. The summed E-state index contributed by atoms with van der Waals surface area (Å²) in [6, 6.07) is 23.4. The van der Waals surface area contributed by atoms with E-state index in [1.807, 2.05) is 32.0 Å². The minimum atomic E-state index is -0.917. The van der Waals surface area contributed by atoms with Crippen molar-refractivity contribution in [2.45, 2.75) is 38.6 Å². The van der Waals surface area contributed by atoms with Crippen LogP contribution < -0.4 is 9.47 Å². The third kappa shape index (κ3) is 6.67. The van der Waals surface area contributed by atoms with E-state index in [1.54, 1.807) is 60.7 Å². The first-order valence-corrected chi connectivity index (χ1v) is 10.7. The quantitative estimate of drug-likeness (QED) is 0.400. The van der Waals surface area contributed by atoms with Gasteiger partial charge < -0.3 is 19.3 Å². The summed E-state index contributed by atoms with van der Waals surface area (Å²) in [4.78, 5) is 23.5. The number of carbonyl (C=O) groups excluding carboxylic acids is 1. The molecule has 3 unspecified atom stereocenters. The highest BCUT2D eigenvalue weighted by atomic mass is 16.5. The predicted octanol–water partition coefficient (Wildman–Crippen LogP) is 5.31. The van der Waals surface area contributed by atoms with Crippen LogP contribution in [0.25, 0.3) is 0 Å². The molecule has 3 aromatic rings. The molecular weight excluding hydrogens is 420 g/mol. The van der Waals surface area contributed by atoms with Crippen molar-refractivity contribution in [3.05, 3.63) is 95.6 Å². The van der Waals surface area contributed by atoms with Gasteiger partial charge in [0.25, 0.3) is 0 Å². The lowest BCUT2D eigenvalue weighted by Crippen LogP contribution is -2.31. The number of carboxylic acids is 1. The number of rotatable bonds is 11. The highest BCUT2D eigenvalue weighted by Crippen LogP contribution is 2.24. The van der Waals surface area contributed by atoms with Crippen molar-refractivity contribution in [2.75, 3.05) is 7.11 Å². The number of ether oxygens (including phenoxy) is 3. The zero-order valence-corrected chi connectivity index (χ0v) is 18.9. The molecule has 0 bridgehead atoms. The van der Waals surface area contributed by atoms with Crippen LogP contribution in [0.5, 0.6) is 11.5 Å². The average molecular weight is 449 g/mol. The Balaban J connectivity index is 1.56. The molecule has 0 amide bonds. The Bertz CT molecular complexity index is 1040. The molecule has 172 valence electrons. The van der Waals surface area contributed by atoms with Gasteiger partial charge >= 0.3 is 5.97 Å². The van der Waals surface area contributed by atoms with E-state index in [1.165, 1.54) is 7.11 Å². The van der Waals surface area contributed by atoms with Crippen LogP contribution in [0.1, 0.15) is 47.9 Å². The summed E-state index contributed by atoms with van der Waals surface area (Å²) in [5, 5.41) is 8.99. The van der Waals surface area contributed by atoms with Crippen LogP contribution in [-0.4, -0.2) is 36.2 Å². The van der Waals surface area contributed by atoms with E-state index >= 15 is 0 Å². The van der Waals surface area contributed by atoms with E-state index in [2.05, 4.69) is 0 Å². The Morgan fingerprint density at radius 2 is 1.24 bits per heavy atom. The Hall–Kier alpha value is -3.64. The van der Waals surface area contributed by atoms with Gasteiger partial charge in [-0.05, 0) is 55.8 Å². The van der Waals surface area contributed by atoms with Crippen LogP contribution >= 0.6 is 0 Å². The second kappa shape index (κ2) is 11.3. The Morgan fingerprint density at radius 3 is 1.73 bits per heavy atom. The van der Waals surface area contributed by atoms with Crippen molar-refractivity contribution < 1.29 is 28.9 Å². The number of hydrogen-bond acceptors (Lipinski definition) is 5. The second-order valence-corrected chi connectivity index (χ2v) is 7.76. The maximum absolute atomic E-state index is 12.5. The van der Waals surface area contributed by atoms with Crippen molar-refractivity contribution in [3.63, 3.8) is 0 Å². The maximum atomic E-state index is 12.5. The van der Waals surface area contributed by atoms with Crippen LogP contribution in [0.3, 0.4) is 0 Å². The predicted molar refractivity (Wildman–Crippen MR) is 125 cm³/mol. The molecule has 0 spiro atoms. The first-order chi connectivity index (χ1) is 15.9. The van der Waals surface area contributed by atoms with E-state index in [0.717, 1.165) is 5.56 Å². The molecule has 0 heterocycles. The molecule has 6 nitrogen and oxygen atoms in total. The molecular formula is C27H28O6. The largest absolute Gasteiger partial charge is 0.487 e. The summed E-state index contributed by atoms with van der Waals surface area (Å²) in [6.07, 6.45) is -1.11. The number of carboxylic acid groups (broad SMARTS) is 1. The van der Waals surface area contributed by atoms with Crippen molar-refractivity contribution in [3.8, 4) is 11.5 Å².